The predicted octanol–water partition coefficient (Wildman–Crippen LogP) is 3.00. The Labute approximate surface area is 89.4 Å². The van der Waals surface area contributed by atoms with Gasteiger partial charge in [-0.25, -0.2) is 0 Å². The number of nitrogens with one attached hydrogen (secondary N) is 1. The highest BCUT2D eigenvalue weighted by Gasteiger charge is 1.92. The molecular weight excluding hydrogens is 188 g/mol. The molecule has 2 N–H and O–H groups in total. The van der Waals surface area contributed by atoms with Gasteiger partial charge in [0.05, 0.1) is 6.21 Å². The SMILES string of the molecule is C=C(/C=C\C)Nc1ccc(/C=N\O)cc1. The third kappa shape index (κ3) is 3.68. The zero-order valence-corrected chi connectivity index (χ0v) is 8.64. The summed E-state index contributed by atoms with van der Waals surface area (Å²) in [6, 6.07) is 7.49. The molecule has 0 spiro atoms. The number of oxime groups is 1. The standard InChI is InChI=1S/C12H14N2O/c1-3-4-10(2)14-12-7-5-11(6-8-12)9-13-15/h3-9,14-15H,2H2,1H3/b4-3-,13-9-. The van der Waals surface area contributed by atoms with Gasteiger partial charge in [0.2, 0.25) is 0 Å². The highest BCUT2D eigenvalue weighted by molar-refractivity contribution is 5.79. The van der Waals surface area contributed by atoms with Gasteiger partial charge in [-0.05, 0) is 30.7 Å². The Morgan fingerprint density at radius 2 is 2.07 bits per heavy atom. The highest BCUT2D eigenvalue weighted by atomic mass is 16.4. The third-order valence-corrected chi connectivity index (χ3v) is 1.79. The van der Waals surface area contributed by atoms with Gasteiger partial charge < -0.3 is 10.5 Å². The van der Waals surface area contributed by atoms with E-state index in [1.54, 1.807) is 0 Å². The first-order valence-electron chi connectivity index (χ1n) is 4.62. The fraction of sp³-hybridized carbons (Fsp3) is 0.0833. The monoisotopic (exact) mass is 202 g/mol. The van der Waals surface area contributed by atoms with E-state index >= 15 is 0 Å². The first kappa shape index (κ1) is 11.0. The van der Waals surface area contributed by atoms with Gasteiger partial charge in [-0.3, -0.25) is 0 Å². The maximum Gasteiger partial charge on any atom is 0.0733 e. The van der Waals surface area contributed by atoms with E-state index in [0.717, 1.165) is 16.9 Å². The summed E-state index contributed by atoms with van der Waals surface area (Å²) < 4.78 is 0. The first-order valence-corrected chi connectivity index (χ1v) is 4.62. The van der Waals surface area contributed by atoms with E-state index in [1.165, 1.54) is 6.21 Å². The van der Waals surface area contributed by atoms with E-state index in [1.807, 2.05) is 43.3 Å². The minimum Gasteiger partial charge on any atom is -0.411 e. The third-order valence-electron chi connectivity index (χ3n) is 1.79. The van der Waals surface area contributed by atoms with Crippen LogP contribution in [0.3, 0.4) is 0 Å². The molecule has 0 radical (unpaired) electrons. The second kappa shape index (κ2) is 5.65. The molecule has 0 aliphatic carbocycles. The Bertz CT molecular complexity index is 377. The van der Waals surface area contributed by atoms with Crippen LogP contribution in [0.15, 0.2) is 53.8 Å². The second-order valence-electron chi connectivity index (χ2n) is 3.02. The lowest BCUT2D eigenvalue weighted by Crippen LogP contribution is -1.94. The number of allylic oxidation sites excluding steroid dienone is 2. The molecule has 1 rings (SSSR count). The largest absolute Gasteiger partial charge is 0.411 e. The van der Waals surface area contributed by atoms with Crippen LogP contribution in [-0.2, 0) is 0 Å². The molecule has 3 nitrogen and oxygen atoms in total. The summed E-state index contributed by atoms with van der Waals surface area (Å²) in [6.45, 7) is 5.77. The minimum absolute atomic E-state index is 0.834. The van der Waals surface area contributed by atoms with Gasteiger partial charge in [0.25, 0.3) is 0 Å². The van der Waals surface area contributed by atoms with Crippen molar-refractivity contribution in [2.24, 2.45) is 5.16 Å². The van der Waals surface area contributed by atoms with Crippen molar-refractivity contribution in [3.05, 3.63) is 54.3 Å². The van der Waals surface area contributed by atoms with Gasteiger partial charge in [0.1, 0.15) is 0 Å². The van der Waals surface area contributed by atoms with Gasteiger partial charge in [-0.2, -0.15) is 0 Å². The molecule has 0 heterocycles. The smallest absolute Gasteiger partial charge is 0.0733 e. The molecule has 78 valence electrons. The van der Waals surface area contributed by atoms with Gasteiger partial charge in [-0.15, -0.1) is 0 Å². The van der Waals surface area contributed by atoms with E-state index in [4.69, 9.17) is 5.21 Å². The second-order valence-corrected chi connectivity index (χ2v) is 3.02. The van der Waals surface area contributed by atoms with Crippen LogP contribution < -0.4 is 5.32 Å². The normalized spacial score (nSPS) is 11.0. The zero-order valence-electron chi connectivity index (χ0n) is 8.64. The van der Waals surface area contributed by atoms with Crippen LogP contribution in [0.1, 0.15) is 12.5 Å². The van der Waals surface area contributed by atoms with Crippen LogP contribution in [0.4, 0.5) is 5.69 Å². The van der Waals surface area contributed by atoms with Crippen molar-refractivity contribution in [2.45, 2.75) is 6.92 Å². The molecule has 1 aromatic rings. The van der Waals surface area contributed by atoms with Crippen molar-refractivity contribution in [2.75, 3.05) is 5.32 Å². The van der Waals surface area contributed by atoms with Crippen molar-refractivity contribution in [1.29, 1.82) is 0 Å². The Kier molecular flexibility index (Phi) is 4.16. The number of rotatable bonds is 4. The molecule has 0 atom stereocenters. The van der Waals surface area contributed by atoms with E-state index in [9.17, 15) is 0 Å². The van der Waals surface area contributed by atoms with Crippen molar-refractivity contribution in [1.82, 2.24) is 0 Å². The molecule has 0 aliphatic rings. The number of hydrogen-bond acceptors (Lipinski definition) is 3. The van der Waals surface area contributed by atoms with Gasteiger partial charge in [0.15, 0.2) is 0 Å². The number of benzene rings is 1. The molecule has 0 saturated carbocycles. The Balaban J connectivity index is 2.68. The summed E-state index contributed by atoms with van der Waals surface area (Å²) in [4.78, 5) is 0. The highest BCUT2D eigenvalue weighted by Crippen LogP contribution is 2.10. The fourth-order valence-electron chi connectivity index (χ4n) is 1.15. The summed E-state index contributed by atoms with van der Waals surface area (Å²) in [5.74, 6) is 0. The molecular formula is C12H14N2O. The average molecular weight is 202 g/mol. The maximum atomic E-state index is 8.33. The first-order chi connectivity index (χ1) is 7.26. The lowest BCUT2D eigenvalue weighted by atomic mass is 10.2. The molecule has 0 amide bonds. The molecule has 1 aromatic carbocycles. The molecule has 0 bridgehead atoms. The summed E-state index contributed by atoms with van der Waals surface area (Å²) in [5.41, 5.74) is 2.63. The number of nitrogens with zero attached hydrogens (tertiary/aromatic N) is 1. The summed E-state index contributed by atoms with van der Waals surface area (Å²) in [6.07, 6.45) is 5.19. The number of anilines is 1. The molecule has 0 aromatic heterocycles. The molecule has 0 saturated heterocycles. The van der Waals surface area contributed by atoms with Crippen molar-refractivity contribution < 1.29 is 5.21 Å². The van der Waals surface area contributed by atoms with Crippen LogP contribution >= 0.6 is 0 Å². The van der Waals surface area contributed by atoms with Crippen molar-refractivity contribution in [3.63, 3.8) is 0 Å². The Morgan fingerprint density at radius 1 is 1.40 bits per heavy atom. The van der Waals surface area contributed by atoms with Crippen LogP contribution in [0.5, 0.6) is 0 Å². The summed E-state index contributed by atoms with van der Waals surface area (Å²) in [7, 11) is 0. The van der Waals surface area contributed by atoms with E-state index in [-0.39, 0.29) is 0 Å². The zero-order chi connectivity index (χ0) is 11.1. The van der Waals surface area contributed by atoms with E-state index < -0.39 is 0 Å². The summed E-state index contributed by atoms with van der Waals surface area (Å²) in [5, 5.41) is 14.4. The topological polar surface area (TPSA) is 44.6 Å². The molecule has 0 fully saturated rings. The predicted molar refractivity (Wildman–Crippen MR) is 63.4 cm³/mol. The quantitative estimate of drug-likeness (QED) is 0.341. The lowest BCUT2D eigenvalue weighted by molar-refractivity contribution is 0.322. The fourth-order valence-corrected chi connectivity index (χ4v) is 1.15. The van der Waals surface area contributed by atoms with Gasteiger partial charge >= 0.3 is 0 Å². The Morgan fingerprint density at radius 3 is 2.60 bits per heavy atom. The average Bonchev–Trinajstić information content (AvgIpc) is 2.22. The van der Waals surface area contributed by atoms with Crippen molar-refractivity contribution >= 4 is 11.9 Å². The van der Waals surface area contributed by atoms with E-state index in [0.29, 0.717) is 0 Å². The molecule has 0 unspecified atom stereocenters. The maximum absolute atomic E-state index is 8.33. The molecule has 15 heavy (non-hydrogen) atoms. The lowest BCUT2D eigenvalue weighted by Gasteiger charge is -2.05. The molecule has 3 heteroatoms. The summed E-state index contributed by atoms with van der Waals surface area (Å²) >= 11 is 0. The van der Waals surface area contributed by atoms with Crippen LogP contribution in [-0.4, -0.2) is 11.4 Å². The van der Waals surface area contributed by atoms with Gasteiger partial charge in [0, 0.05) is 11.4 Å². The Hall–Kier alpha value is -2.03. The van der Waals surface area contributed by atoms with Gasteiger partial charge in [-0.1, -0.05) is 29.9 Å². The van der Waals surface area contributed by atoms with Crippen LogP contribution in [0.2, 0.25) is 0 Å². The molecule has 0 aliphatic heterocycles. The number of hydrogen-bond donors (Lipinski definition) is 2. The van der Waals surface area contributed by atoms with Crippen LogP contribution in [0, 0.1) is 0 Å². The van der Waals surface area contributed by atoms with Crippen LogP contribution in [0.25, 0.3) is 0 Å². The van der Waals surface area contributed by atoms with Crippen molar-refractivity contribution in [3.8, 4) is 0 Å². The van der Waals surface area contributed by atoms with E-state index in [2.05, 4.69) is 17.1 Å². The minimum atomic E-state index is 0.834.